The Morgan fingerprint density at radius 3 is 2.24 bits per heavy atom. The lowest BCUT2D eigenvalue weighted by Crippen LogP contribution is -2.41. The Labute approximate surface area is 196 Å². The summed E-state index contributed by atoms with van der Waals surface area (Å²) in [5, 5.41) is 2.71. The second-order valence-electron chi connectivity index (χ2n) is 9.23. The Kier molecular flexibility index (Phi) is 4.91. The Bertz CT molecular complexity index is 1330. The molecule has 6 rings (SSSR count). The van der Waals surface area contributed by atoms with Gasteiger partial charge in [-0.25, -0.2) is 0 Å². The Balaban J connectivity index is 1.60. The van der Waals surface area contributed by atoms with Gasteiger partial charge >= 0.3 is 0 Å². The molecule has 0 saturated carbocycles. The number of allylic oxidation sites excluding steroid dienone is 1. The van der Waals surface area contributed by atoms with Gasteiger partial charge in [-0.3, -0.25) is 0 Å². The summed E-state index contributed by atoms with van der Waals surface area (Å²) in [6, 6.07) is 31.5. The van der Waals surface area contributed by atoms with Crippen LogP contribution in [0, 0.1) is 11.8 Å². The van der Waals surface area contributed by atoms with E-state index in [1.54, 1.807) is 0 Å². The van der Waals surface area contributed by atoms with E-state index in [1.165, 1.54) is 44.4 Å². The quantitative estimate of drug-likeness (QED) is 0.253. The van der Waals surface area contributed by atoms with Crippen molar-refractivity contribution in [2.24, 2.45) is 11.8 Å². The van der Waals surface area contributed by atoms with Gasteiger partial charge in [0.25, 0.3) is 0 Å². The Morgan fingerprint density at radius 1 is 0.818 bits per heavy atom. The third kappa shape index (κ3) is 3.07. The molecule has 3 unspecified atom stereocenters. The molecule has 0 heterocycles. The van der Waals surface area contributed by atoms with Crippen LogP contribution in [0.5, 0.6) is 0 Å². The predicted octanol–water partition coefficient (Wildman–Crippen LogP) is 8.78. The largest absolute Gasteiger partial charge is 0.337 e. The minimum absolute atomic E-state index is 0.334. The van der Waals surface area contributed by atoms with Crippen molar-refractivity contribution in [2.45, 2.75) is 25.8 Å². The van der Waals surface area contributed by atoms with Crippen molar-refractivity contribution in [3.8, 4) is 22.3 Å². The van der Waals surface area contributed by atoms with Gasteiger partial charge in [-0.1, -0.05) is 91.9 Å². The highest BCUT2D eigenvalue weighted by Gasteiger charge is 2.34. The fourth-order valence-electron chi connectivity index (χ4n) is 6.08. The van der Waals surface area contributed by atoms with Crippen LogP contribution in [0.15, 0.2) is 110 Å². The zero-order valence-electron chi connectivity index (χ0n) is 19.1. The van der Waals surface area contributed by atoms with E-state index in [0.29, 0.717) is 17.9 Å². The molecule has 4 aromatic carbocycles. The summed E-state index contributed by atoms with van der Waals surface area (Å²) in [6.45, 7) is 6.56. The molecule has 3 atom stereocenters. The first-order valence-corrected chi connectivity index (χ1v) is 12.1. The van der Waals surface area contributed by atoms with Gasteiger partial charge in [0.15, 0.2) is 0 Å². The molecule has 0 aliphatic heterocycles. The van der Waals surface area contributed by atoms with Gasteiger partial charge in [-0.05, 0) is 64.6 Å². The van der Waals surface area contributed by atoms with Gasteiger partial charge in [0.1, 0.15) is 0 Å². The zero-order chi connectivity index (χ0) is 22.4. The summed E-state index contributed by atoms with van der Waals surface area (Å²) < 4.78 is 0. The molecule has 0 bridgehead atoms. The lowest BCUT2D eigenvalue weighted by Gasteiger charge is -2.42. The van der Waals surface area contributed by atoms with Crippen molar-refractivity contribution < 1.29 is 0 Å². The Morgan fingerprint density at radius 2 is 1.52 bits per heavy atom. The first kappa shape index (κ1) is 20.1. The molecule has 0 N–H and O–H groups in total. The molecule has 0 fully saturated rings. The van der Waals surface area contributed by atoms with Crippen molar-refractivity contribution in [1.29, 1.82) is 0 Å². The third-order valence-corrected chi connectivity index (χ3v) is 7.59. The molecule has 1 nitrogen and oxygen atoms in total. The minimum atomic E-state index is 0.334. The molecule has 4 aromatic rings. The maximum atomic E-state index is 4.27. The van der Waals surface area contributed by atoms with Crippen LogP contribution in [0.3, 0.4) is 0 Å². The van der Waals surface area contributed by atoms with E-state index >= 15 is 0 Å². The van der Waals surface area contributed by atoms with E-state index in [0.717, 1.165) is 12.8 Å². The molecule has 0 saturated heterocycles. The lowest BCUT2D eigenvalue weighted by atomic mass is 9.77. The van der Waals surface area contributed by atoms with Gasteiger partial charge in [0, 0.05) is 28.7 Å². The molecule has 1 heteroatoms. The van der Waals surface area contributed by atoms with E-state index in [-0.39, 0.29) is 0 Å². The van der Waals surface area contributed by atoms with Gasteiger partial charge in [-0.15, -0.1) is 6.58 Å². The number of rotatable bonds is 5. The molecule has 2 aliphatic rings. The van der Waals surface area contributed by atoms with Crippen molar-refractivity contribution in [3.63, 3.8) is 0 Å². The molecule has 33 heavy (non-hydrogen) atoms. The second kappa shape index (κ2) is 8.08. The fraction of sp³-hybridized carbons (Fsp3) is 0.188. The first-order valence-electron chi connectivity index (χ1n) is 12.1. The van der Waals surface area contributed by atoms with Gasteiger partial charge in [0.05, 0.1) is 0 Å². The molecule has 0 spiro atoms. The van der Waals surface area contributed by atoms with Crippen LogP contribution in [-0.4, -0.2) is 6.04 Å². The molecule has 162 valence electrons. The van der Waals surface area contributed by atoms with Crippen LogP contribution >= 0.6 is 0 Å². The Hall–Kier alpha value is -3.58. The molecular weight excluding hydrogens is 398 g/mol. The smallest absolute Gasteiger partial charge is 0.0494 e. The normalized spacial score (nSPS) is 20.6. The zero-order valence-corrected chi connectivity index (χ0v) is 19.1. The van der Waals surface area contributed by atoms with Crippen molar-refractivity contribution in [1.82, 2.24) is 0 Å². The molecule has 0 aromatic heterocycles. The summed E-state index contributed by atoms with van der Waals surface area (Å²) in [7, 11) is 0. The van der Waals surface area contributed by atoms with E-state index in [4.69, 9.17) is 0 Å². The summed E-state index contributed by atoms with van der Waals surface area (Å²) in [6.07, 6.45) is 9.12. The topological polar surface area (TPSA) is 3.24 Å². The summed E-state index contributed by atoms with van der Waals surface area (Å²) in [4.78, 5) is 2.59. The number of benzene rings is 4. The average Bonchev–Trinajstić information content (AvgIpc) is 3.21. The van der Waals surface area contributed by atoms with E-state index in [1.807, 2.05) is 0 Å². The van der Waals surface area contributed by atoms with Crippen LogP contribution in [0.4, 0.5) is 11.4 Å². The monoisotopic (exact) mass is 427 g/mol. The highest BCUT2D eigenvalue weighted by atomic mass is 15.2. The number of fused-ring (bicyclic) bond motifs is 3. The minimum Gasteiger partial charge on any atom is -0.337 e. The maximum absolute atomic E-state index is 4.27. The number of hydrogen-bond donors (Lipinski definition) is 0. The van der Waals surface area contributed by atoms with E-state index in [9.17, 15) is 0 Å². The summed E-state index contributed by atoms with van der Waals surface area (Å²) >= 11 is 0. The molecule has 0 radical (unpaired) electrons. The standard InChI is InChI=1S/C32H29N/c1-3-22-12-10-19-30(24(22)4-2)33(23-13-6-5-7-14-23)31-21-20-28-26-16-9-8-15-25(26)27-17-11-18-29(31)32(27)28/h4-18,20-22,24,30H,2-3,19H2,1H3. The van der Waals surface area contributed by atoms with Crippen molar-refractivity contribution in [3.05, 3.63) is 110 Å². The van der Waals surface area contributed by atoms with Crippen LogP contribution in [-0.2, 0) is 0 Å². The van der Waals surface area contributed by atoms with Gasteiger partial charge in [0.2, 0.25) is 0 Å². The molecule has 0 amide bonds. The van der Waals surface area contributed by atoms with Crippen molar-refractivity contribution >= 4 is 22.1 Å². The third-order valence-electron chi connectivity index (χ3n) is 7.59. The number of anilines is 2. The lowest BCUT2D eigenvalue weighted by molar-refractivity contribution is 0.366. The maximum Gasteiger partial charge on any atom is 0.0494 e. The summed E-state index contributed by atoms with van der Waals surface area (Å²) in [5.41, 5.74) is 7.92. The second-order valence-corrected chi connectivity index (χ2v) is 9.23. The van der Waals surface area contributed by atoms with Crippen LogP contribution in [0.1, 0.15) is 19.8 Å². The fourth-order valence-corrected chi connectivity index (χ4v) is 6.08. The SMILES string of the molecule is C=CC1C(CC)C=CCC1N(c1ccccc1)c1ccc2c3c(cccc13)-c1ccccc1-2. The van der Waals surface area contributed by atoms with Crippen LogP contribution < -0.4 is 4.90 Å². The van der Waals surface area contributed by atoms with E-state index < -0.39 is 0 Å². The molecule has 2 aliphatic carbocycles. The molecular formula is C32H29N. The highest BCUT2D eigenvalue weighted by Crippen LogP contribution is 2.50. The van der Waals surface area contributed by atoms with Crippen molar-refractivity contribution in [2.75, 3.05) is 4.90 Å². The van der Waals surface area contributed by atoms with Gasteiger partial charge < -0.3 is 4.90 Å². The van der Waals surface area contributed by atoms with Gasteiger partial charge in [-0.2, -0.15) is 0 Å². The number of para-hydroxylation sites is 1. The van der Waals surface area contributed by atoms with Crippen LogP contribution in [0.2, 0.25) is 0 Å². The predicted molar refractivity (Wildman–Crippen MR) is 142 cm³/mol. The van der Waals surface area contributed by atoms with Crippen LogP contribution in [0.25, 0.3) is 33.0 Å². The number of hydrogen-bond acceptors (Lipinski definition) is 1. The van der Waals surface area contributed by atoms with E-state index in [2.05, 4.69) is 122 Å². The highest BCUT2D eigenvalue weighted by molar-refractivity contribution is 6.18. The number of nitrogens with zero attached hydrogens (tertiary/aromatic N) is 1. The summed E-state index contributed by atoms with van der Waals surface area (Å²) in [5.74, 6) is 0.925. The first-order chi connectivity index (χ1) is 16.3. The average molecular weight is 428 g/mol.